The summed E-state index contributed by atoms with van der Waals surface area (Å²) in [5.74, 6) is -4.85. The van der Waals surface area contributed by atoms with Gasteiger partial charge in [0.25, 0.3) is 0 Å². The SMILES string of the molecule is CC(=O)Nc1ccnn1-c1c(F)c(F)c(Cl)c(F)c1Cl. The van der Waals surface area contributed by atoms with E-state index in [0.29, 0.717) is 0 Å². The van der Waals surface area contributed by atoms with Gasteiger partial charge >= 0.3 is 0 Å². The summed E-state index contributed by atoms with van der Waals surface area (Å²) in [6.45, 7) is 1.21. The first-order valence-electron chi connectivity index (χ1n) is 5.18. The van der Waals surface area contributed by atoms with E-state index in [0.717, 1.165) is 4.68 Å². The van der Waals surface area contributed by atoms with E-state index in [2.05, 4.69) is 10.4 Å². The maximum absolute atomic E-state index is 13.9. The van der Waals surface area contributed by atoms with Crippen LogP contribution in [0.1, 0.15) is 6.92 Å². The molecular weight excluding hydrogens is 318 g/mol. The zero-order valence-corrected chi connectivity index (χ0v) is 11.4. The van der Waals surface area contributed by atoms with Crippen molar-refractivity contribution in [1.82, 2.24) is 9.78 Å². The summed E-state index contributed by atoms with van der Waals surface area (Å²) in [4.78, 5) is 11.0. The van der Waals surface area contributed by atoms with Gasteiger partial charge in [0.15, 0.2) is 17.5 Å². The summed E-state index contributed by atoms with van der Waals surface area (Å²) in [6, 6.07) is 1.31. The Bertz CT molecular complexity index is 673. The first-order chi connectivity index (χ1) is 9.34. The Kier molecular flexibility index (Phi) is 3.92. The van der Waals surface area contributed by atoms with Crippen molar-refractivity contribution >= 4 is 34.9 Å². The first-order valence-corrected chi connectivity index (χ1v) is 5.93. The van der Waals surface area contributed by atoms with E-state index in [4.69, 9.17) is 23.2 Å². The van der Waals surface area contributed by atoms with E-state index in [1.165, 1.54) is 19.2 Å². The molecule has 0 aliphatic carbocycles. The molecule has 0 radical (unpaired) electrons. The summed E-state index contributed by atoms with van der Waals surface area (Å²) in [6.07, 6.45) is 1.20. The molecule has 0 saturated heterocycles. The largest absolute Gasteiger partial charge is 0.311 e. The Labute approximate surface area is 121 Å². The van der Waals surface area contributed by atoms with Gasteiger partial charge in [-0.1, -0.05) is 23.2 Å². The Morgan fingerprint density at radius 3 is 2.45 bits per heavy atom. The van der Waals surface area contributed by atoms with Crippen molar-refractivity contribution in [2.45, 2.75) is 6.92 Å². The zero-order chi connectivity index (χ0) is 15.0. The zero-order valence-electron chi connectivity index (χ0n) is 9.85. The van der Waals surface area contributed by atoms with E-state index >= 15 is 0 Å². The van der Waals surface area contributed by atoms with E-state index in [-0.39, 0.29) is 5.82 Å². The molecule has 0 fully saturated rings. The van der Waals surface area contributed by atoms with Crippen molar-refractivity contribution < 1.29 is 18.0 Å². The lowest BCUT2D eigenvalue weighted by Crippen LogP contribution is -2.13. The fourth-order valence-electron chi connectivity index (χ4n) is 1.54. The van der Waals surface area contributed by atoms with Crippen LogP contribution in [0.4, 0.5) is 19.0 Å². The minimum Gasteiger partial charge on any atom is -0.311 e. The van der Waals surface area contributed by atoms with E-state index in [9.17, 15) is 18.0 Å². The van der Waals surface area contributed by atoms with E-state index < -0.39 is 39.1 Å². The molecule has 1 aromatic carbocycles. The van der Waals surface area contributed by atoms with Gasteiger partial charge in [-0.15, -0.1) is 0 Å². The van der Waals surface area contributed by atoms with Crippen LogP contribution in [0.2, 0.25) is 10.0 Å². The second kappa shape index (κ2) is 5.34. The van der Waals surface area contributed by atoms with Crippen molar-refractivity contribution in [2.24, 2.45) is 0 Å². The number of hydrogen-bond acceptors (Lipinski definition) is 2. The quantitative estimate of drug-likeness (QED) is 0.678. The highest BCUT2D eigenvalue weighted by atomic mass is 35.5. The number of anilines is 1. The fraction of sp³-hybridized carbons (Fsp3) is 0.0909. The number of amides is 1. The summed E-state index contributed by atoms with van der Waals surface area (Å²) >= 11 is 10.9. The molecule has 0 spiro atoms. The second-order valence-electron chi connectivity index (χ2n) is 3.73. The average Bonchev–Trinajstić information content (AvgIpc) is 2.82. The highest BCUT2D eigenvalue weighted by Gasteiger charge is 2.26. The van der Waals surface area contributed by atoms with Gasteiger partial charge in [0.2, 0.25) is 5.91 Å². The van der Waals surface area contributed by atoms with Gasteiger partial charge < -0.3 is 5.32 Å². The molecule has 2 rings (SSSR count). The van der Waals surface area contributed by atoms with Crippen LogP contribution in [-0.2, 0) is 4.79 Å². The van der Waals surface area contributed by atoms with Gasteiger partial charge in [0, 0.05) is 13.0 Å². The highest BCUT2D eigenvalue weighted by Crippen LogP contribution is 2.35. The fourth-order valence-corrected chi connectivity index (χ4v) is 2.02. The number of carbonyl (C=O) groups excluding carboxylic acids is 1. The molecule has 0 aliphatic rings. The molecule has 4 nitrogen and oxygen atoms in total. The maximum atomic E-state index is 13.9. The first kappa shape index (κ1) is 14.7. The van der Waals surface area contributed by atoms with Gasteiger partial charge in [-0.2, -0.15) is 5.10 Å². The standard InChI is InChI=1S/C11H6Cl2F3N3O/c1-4(20)18-5-2-3-17-19(5)11-7(13)8(14)6(12)9(15)10(11)16/h2-3H,1H3,(H,18,20). The van der Waals surface area contributed by atoms with Gasteiger partial charge in [0.1, 0.15) is 21.6 Å². The molecule has 1 N–H and O–H groups in total. The molecule has 0 unspecified atom stereocenters. The predicted molar refractivity (Wildman–Crippen MR) is 67.8 cm³/mol. The number of rotatable bonds is 2. The summed E-state index contributed by atoms with van der Waals surface area (Å²) < 4.78 is 41.8. The van der Waals surface area contributed by atoms with Gasteiger partial charge in [-0.05, 0) is 0 Å². The van der Waals surface area contributed by atoms with Crippen LogP contribution in [0, 0.1) is 17.5 Å². The molecule has 0 atom stereocenters. The number of nitrogens with one attached hydrogen (secondary N) is 1. The van der Waals surface area contributed by atoms with Gasteiger partial charge in [0.05, 0.1) is 6.20 Å². The number of hydrogen-bond donors (Lipinski definition) is 1. The van der Waals surface area contributed by atoms with Crippen molar-refractivity contribution in [3.05, 3.63) is 39.8 Å². The van der Waals surface area contributed by atoms with Crippen LogP contribution in [0.5, 0.6) is 0 Å². The van der Waals surface area contributed by atoms with Crippen LogP contribution in [0.25, 0.3) is 5.69 Å². The summed E-state index contributed by atoms with van der Waals surface area (Å²) in [5.41, 5.74) is -0.681. The monoisotopic (exact) mass is 323 g/mol. The molecule has 106 valence electrons. The number of nitrogens with zero attached hydrogens (tertiary/aromatic N) is 2. The van der Waals surface area contributed by atoms with Crippen LogP contribution in [0.3, 0.4) is 0 Å². The molecule has 0 aliphatic heterocycles. The maximum Gasteiger partial charge on any atom is 0.222 e. The van der Waals surface area contributed by atoms with Crippen LogP contribution >= 0.6 is 23.2 Å². The molecule has 0 bridgehead atoms. The molecule has 20 heavy (non-hydrogen) atoms. The highest BCUT2D eigenvalue weighted by molar-refractivity contribution is 6.36. The third kappa shape index (κ3) is 2.34. The number of benzene rings is 1. The van der Waals surface area contributed by atoms with Crippen molar-refractivity contribution in [3.63, 3.8) is 0 Å². The van der Waals surface area contributed by atoms with E-state index in [1.54, 1.807) is 0 Å². The number of halogens is 5. The Morgan fingerprint density at radius 1 is 1.20 bits per heavy atom. The number of carbonyl (C=O) groups is 1. The van der Waals surface area contributed by atoms with Crippen LogP contribution in [-0.4, -0.2) is 15.7 Å². The summed E-state index contributed by atoms with van der Waals surface area (Å²) in [7, 11) is 0. The third-order valence-electron chi connectivity index (χ3n) is 2.35. The molecule has 1 amide bonds. The van der Waals surface area contributed by atoms with Crippen LogP contribution < -0.4 is 5.32 Å². The van der Waals surface area contributed by atoms with Crippen molar-refractivity contribution in [2.75, 3.05) is 5.32 Å². The van der Waals surface area contributed by atoms with Crippen molar-refractivity contribution in [1.29, 1.82) is 0 Å². The Morgan fingerprint density at radius 2 is 1.85 bits per heavy atom. The topological polar surface area (TPSA) is 46.9 Å². The molecule has 1 aromatic heterocycles. The minimum atomic E-state index is -1.59. The lowest BCUT2D eigenvalue weighted by atomic mass is 10.2. The smallest absolute Gasteiger partial charge is 0.222 e. The van der Waals surface area contributed by atoms with E-state index in [1.807, 2.05) is 0 Å². The molecule has 2 aromatic rings. The predicted octanol–water partition coefficient (Wildman–Crippen LogP) is 3.55. The normalized spacial score (nSPS) is 10.7. The van der Waals surface area contributed by atoms with Gasteiger partial charge in [-0.3, -0.25) is 4.79 Å². The molecule has 1 heterocycles. The lowest BCUT2D eigenvalue weighted by molar-refractivity contribution is -0.114. The third-order valence-corrected chi connectivity index (χ3v) is 3.02. The summed E-state index contributed by atoms with van der Waals surface area (Å²) in [5, 5.41) is 4.19. The minimum absolute atomic E-state index is 0.000535. The molecule has 0 saturated carbocycles. The number of aromatic nitrogens is 2. The van der Waals surface area contributed by atoms with Crippen molar-refractivity contribution in [3.8, 4) is 5.69 Å². The van der Waals surface area contributed by atoms with Gasteiger partial charge in [-0.25, -0.2) is 17.9 Å². The lowest BCUT2D eigenvalue weighted by Gasteiger charge is -2.12. The Balaban J connectivity index is 2.71. The van der Waals surface area contributed by atoms with Crippen LogP contribution in [0.15, 0.2) is 12.3 Å². The Hall–Kier alpha value is -1.73. The second-order valence-corrected chi connectivity index (χ2v) is 4.48. The molecular formula is C11H6Cl2F3N3O. The molecule has 9 heteroatoms. The average molecular weight is 324 g/mol.